The Kier molecular flexibility index (Phi) is 5.46. The van der Waals surface area contributed by atoms with Gasteiger partial charge in [-0.1, -0.05) is 36.4 Å². The van der Waals surface area contributed by atoms with E-state index in [2.05, 4.69) is 5.32 Å². The van der Waals surface area contributed by atoms with Gasteiger partial charge in [0, 0.05) is 11.3 Å². The van der Waals surface area contributed by atoms with Crippen molar-refractivity contribution >= 4 is 39.9 Å². The standard InChI is InChI=1S/C20H16FNO2S/c21-17-7-9-18(10-8-17)22-20(24)13-25-12-19(23)16-6-5-14-3-1-2-4-15(14)11-16/h1-11H,12-13H2,(H,22,24). The smallest absolute Gasteiger partial charge is 0.234 e. The summed E-state index contributed by atoms with van der Waals surface area (Å²) in [4.78, 5) is 24.1. The van der Waals surface area contributed by atoms with Gasteiger partial charge in [-0.15, -0.1) is 11.8 Å². The third-order valence-electron chi connectivity index (χ3n) is 3.67. The van der Waals surface area contributed by atoms with Gasteiger partial charge in [0.05, 0.1) is 11.5 Å². The van der Waals surface area contributed by atoms with Crippen molar-refractivity contribution in [2.45, 2.75) is 0 Å². The summed E-state index contributed by atoms with van der Waals surface area (Å²) in [5.41, 5.74) is 1.18. The Bertz CT molecular complexity index is 909. The summed E-state index contributed by atoms with van der Waals surface area (Å²) in [6.07, 6.45) is 0. The van der Waals surface area contributed by atoms with Gasteiger partial charge in [-0.05, 0) is 41.1 Å². The molecule has 5 heteroatoms. The van der Waals surface area contributed by atoms with Crippen LogP contribution in [-0.2, 0) is 4.79 Å². The number of thioether (sulfide) groups is 1. The van der Waals surface area contributed by atoms with E-state index in [-0.39, 0.29) is 29.0 Å². The molecule has 0 aliphatic rings. The van der Waals surface area contributed by atoms with Crippen LogP contribution in [0, 0.1) is 5.82 Å². The van der Waals surface area contributed by atoms with Gasteiger partial charge in [0.1, 0.15) is 5.82 Å². The zero-order chi connectivity index (χ0) is 17.6. The Morgan fingerprint density at radius 1 is 0.880 bits per heavy atom. The van der Waals surface area contributed by atoms with E-state index in [1.807, 2.05) is 42.5 Å². The number of Topliss-reactive ketones (excluding diaryl/α,β-unsaturated/α-hetero) is 1. The molecule has 0 aliphatic carbocycles. The van der Waals surface area contributed by atoms with Crippen LogP contribution in [0.3, 0.4) is 0 Å². The number of carbonyl (C=O) groups excluding carboxylic acids is 2. The van der Waals surface area contributed by atoms with Crippen molar-refractivity contribution in [3.8, 4) is 0 Å². The molecule has 1 N–H and O–H groups in total. The molecule has 1 amide bonds. The lowest BCUT2D eigenvalue weighted by Crippen LogP contribution is -2.15. The maximum Gasteiger partial charge on any atom is 0.234 e. The number of rotatable bonds is 6. The van der Waals surface area contributed by atoms with Crippen molar-refractivity contribution in [2.75, 3.05) is 16.8 Å². The van der Waals surface area contributed by atoms with E-state index in [0.29, 0.717) is 11.3 Å². The monoisotopic (exact) mass is 353 g/mol. The van der Waals surface area contributed by atoms with Crippen molar-refractivity contribution in [1.29, 1.82) is 0 Å². The van der Waals surface area contributed by atoms with Crippen LogP contribution in [-0.4, -0.2) is 23.2 Å². The van der Waals surface area contributed by atoms with Gasteiger partial charge in [0.2, 0.25) is 5.91 Å². The molecule has 3 nitrogen and oxygen atoms in total. The first-order valence-electron chi connectivity index (χ1n) is 7.77. The first-order chi connectivity index (χ1) is 12.1. The molecular weight excluding hydrogens is 337 g/mol. The molecule has 0 aromatic heterocycles. The largest absolute Gasteiger partial charge is 0.325 e. The summed E-state index contributed by atoms with van der Waals surface area (Å²) < 4.78 is 12.8. The minimum absolute atomic E-state index is 0.00895. The third kappa shape index (κ3) is 4.67. The second kappa shape index (κ2) is 7.94. The van der Waals surface area contributed by atoms with Crippen LogP contribution in [0.1, 0.15) is 10.4 Å². The van der Waals surface area contributed by atoms with Crippen molar-refractivity contribution < 1.29 is 14.0 Å². The Balaban J connectivity index is 1.51. The highest BCUT2D eigenvalue weighted by molar-refractivity contribution is 8.00. The molecule has 25 heavy (non-hydrogen) atoms. The highest BCUT2D eigenvalue weighted by Crippen LogP contribution is 2.17. The van der Waals surface area contributed by atoms with Crippen LogP contribution < -0.4 is 5.32 Å². The summed E-state index contributed by atoms with van der Waals surface area (Å²) in [5, 5.41) is 4.78. The Hall–Kier alpha value is -2.66. The quantitative estimate of drug-likeness (QED) is 0.662. The Morgan fingerprint density at radius 2 is 1.60 bits per heavy atom. The summed E-state index contributed by atoms with van der Waals surface area (Å²) >= 11 is 1.26. The maximum absolute atomic E-state index is 12.8. The van der Waals surface area contributed by atoms with Crippen molar-refractivity contribution in [1.82, 2.24) is 0 Å². The zero-order valence-corrected chi connectivity index (χ0v) is 14.2. The molecule has 3 rings (SSSR count). The molecule has 0 spiro atoms. The van der Waals surface area contributed by atoms with E-state index in [0.717, 1.165) is 10.8 Å². The molecule has 0 unspecified atom stereocenters. The van der Waals surface area contributed by atoms with E-state index >= 15 is 0 Å². The first-order valence-corrected chi connectivity index (χ1v) is 8.92. The second-order valence-corrected chi connectivity index (χ2v) is 6.52. The summed E-state index contributed by atoms with van der Waals surface area (Å²) in [7, 11) is 0. The van der Waals surface area contributed by atoms with Crippen LogP contribution >= 0.6 is 11.8 Å². The Labute approximate surface area is 149 Å². The molecule has 0 saturated heterocycles. The van der Waals surface area contributed by atoms with Crippen LogP contribution in [0.5, 0.6) is 0 Å². The average molecular weight is 353 g/mol. The van der Waals surface area contributed by atoms with Gasteiger partial charge in [-0.25, -0.2) is 4.39 Å². The lowest BCUT2D eigenvalue weighted by molar-refractivity contribution is -0.113. The molecule has 0 heterocycles. The fraction of sp³-hybridized carbons (Fsp3) is 0.100. The van der Waals surface area contributed by atoms with Crippen LogP contribution in [0.2, 0.25) is 0 Å². The van der Waals surface area contributed by atoms with Crippen LogP contribution in [0.15, 0.2) is 66.7 Å². The van der Waals surface area contributed by atoms with Gasteiger partial charge in [0.25, 0.3) is 0 Å². The van der Waals surface area contributed by atoms with E-state index in [1.165, 1.54) is 36.0 Å². The van der Waals surface area contributed by atoms with Gasteiger partial charge in [0.15, 0.2) is 5.78 Å². The number of amides is 1. The van der Waals surface area contributed by atoms with Crippen molar-refractivity contribution in [3.63, 3.8) is 0 Å². The first kappa shape index (κ1) is 17.2. The fourth-order valence-electron chi connectivity index (χ4n) is 2.41. The lowest BCUT2D eigenvalue weighted by Gasteiger charge is -2.06. The molecular formula is C20H16FNO2S. The molecule has 0 aliphatic heterocycles. The van der Waals surface area contributed by atoms with E-state index in [4.69, 9.17) is 0 Å². The Morgan fingerprint density at radius 3 is 2.36 bits per heavy atom. The third-order valence-corrected chi connectivity index (χ3v) is 4.60. The highest BCUT2D eigenvalue weighted by Gasteiger charge is 2.09. The van der Waals surface area contributed by atoms with Gasteiger partial charge in [-0.3, -0.25) is 9.59 Å². The normalized spacial score (nSPS) is 10.6. The van der Waals surface area contributed by atoms with Crippen molar-refractivity contribution in [3.05, 3.63) is 78.1 Å². The minimum Gasteiger partial charge on any atom is -0.325 e. The molecule has 0 radical (unpaired) electrons. The number of hydrogen-bond donors (Lipinski definition) is 1. The molecule has 3 aromatic carbocycles. The second-order valence-electron chi connectivity index (χ2n) is 5.53. The average Bonchev–Trinajstić information content (AvgIpc) is 2.63. The van der Waals surface area contributed by atoms with E-state index in [9.17, 15) is 14.0 Å². The predicted molar refractivity (Wildman–Crippen MR) is 101 cm³/mol. The highest BCUT2D eigenvalue weighted by atomic mass is 32.2. The molecule has 3 aromatic rings. The molecule has 126 valence electrons. The van der Waals surface area contributed by atoms with Gasteiger partial charge >= 0.3 is 0 Å². The molecule has 0 saturated carbocycles. The number of ketones is 1. The van der Waals surface area contributed by atoms with Crippen molar-refractivity contribution in [2.24, 2.45) is 0 Å². The van der Waals surface area contributed by atoms with Gasteiger partial charge in [-0.2, -0.15) is 0 Å². The minimum atomic E-state index is -0.353. The van der Waals surface area contributed by atoms with Gasteiger partial charge < -0.3 is 5.32 Å². The topological polar surface area (TPSA) is 46.2 Å². The molecule has 0 fully saturated rings. The number of carbonyl (C=O) groups is 2. The molecule has 0 bridgehead atoms. The summed E-state index contributed by atoms with van der Waals surface area (Å²) in [6.45, 7) is 0. The van der Waals surface area contributed by atoms with Crippen LogP contribution in [0.25, 0.3) is 10.8 Å². The maximum atomic E-state index is 12.8. The fourth-order valence-corrected chi connectivity index (χ4v) is 3.12. The number of fused-ring (bicyclic) bond motifs is 1. The van der Waals surface area contributed by atoms with E-state index < -0.39 is 0 Å². The number of halogens is 1. The number of nitrogens with one attached hydrogen (secondary N) is 1. The summed E-state index contributed by atoms with van der Waals surface area (Å²) in [5.74, 6) is -0.187. The molecule has 0 atom stereocenters. The van der Waals surface area contributed by atoms with E-state index in [1.54, 1.807) is 0 Å². The lowest BCUT2D eigenvalue weighted by atomic mass is 10.1. The van der Waals surface area contributed by atoms with Crippen LogP contribution in [0.4, 0.5) is 10.1 Å². The SMILES string of the molecule is O=C(CSCC(=O)c1ccc2ccccc2c1)Nc1ccc(F)cc1. The predicted octanol–water partition coefficient (Wildman–Crippen LogP) is 4.53. The number of anilines is 1. The summed E-state index contributed by atoms with van der Waals surface area (Å²) in [6, 6.07) is 19.0. The number of benzene rings is 3. The number of hydrogen-bond acceptors (Lipinski definition) is 3. The zero-order valence-electron chi connectivity index (χ0n) is 13.4.